The lowest BCUT2D eigenvalue weighted by Crippen LogP contribution is -2.29. The van der Waals surface area contributed by atoms with Crippen LogP contribution in [0.2, 0.25) is 0 Å². The molecule has 0 saturated carbocycles. The van der Waals surface area contributed by atoms with E-state index in [-0.39, 0.29) is 0 Å². The molecule has 1 fully saturated rings. The Kier molecular flexibility index (Phi) is 4.02. The first-order chi connectivity index (χ1) is 11.8. The molecule has 0 radical (unpaired) electrons. The minimum Gasteiger partial charge on any atom is -0.372 e. The van der Waals surface area contributed by atoms with Gasteiger partial charge in [0.15, 0.2) is 5.65 Å². The molecule has 24 heavy (non-hydrogen) atoms. The smallest absolute Gasteiger partial charge is 0.163 e. The highest BCUT2D eigenvalue weighted by Gasteiger charge is 2.11. The van der Waals surface area contributed by atoms with E-state index in [0.717, 1.165) is 23.4 Å². The second-order valence-electron chi connectivity index (χ2n) is 6.30. The number of benzene rings is 1. The summed E-state index contributed by atoms with van der Waals surface area (Å²) in [6, 6.07) is 8.83. The summed E-state index contributed by atoms with van der Waals surface area (Å²) in [4.78, 5) is 11.1. The van der Waals surface area contributed by atoms with Crippen LogP contribution >= 0.6 is 0 Å². The van der Waals surface area contributed by atoms with Crippen molar-refractivity contribution >= 4 is 22.5 Å². The van der Waals surface area contributed by atoms with Gasteiger partial charge < -0.3 is 10.2 Å². The van der Waals surface area contributed by atoms with E-state index in [1.165, 1.54) is 43.6 Å². The van der Waals surface area contributed by atoms with Crippen molar-refractivity contribution in [2.24, 2.45) is 7.05 Å². The average Bonchev–Trinajstić information content (AvgIpc) is 3.03. The molecule has 0 unspecified atom stereocenters. The summed E-state index contributed by atoms with van der Waals surface area (Å²) in [5.41, 5.74) is 3.41. The number of hydrogen-bond donors (Lipinski definition) is 1. The molecule has 0 amide bonds. The van der Waals surface area contributed by atoms with Gasteiger partial charge in [0, 0.05) is 32.4 Å². The predicted molar refractivity (Wildman–Crippen MR) is 96.1 cm³/mol. The monoisotopic (exact) mass is 322 g/mol. The third-order valence-electron chi connectivity index (χ3n) is 4.65. The molecule has 3 heterocycles. The van der Waals surface area contributed by atoms with Gasteiger partial charge in [-0.2, -0.15) is 5.10 Å². The topological polar surface area (TPSA) is 58.9 Å². The average molecular weight is 322 g/mol. The lowest BCUT2D eigenvalue weighted by atomic mass is 10.1. The molecule has 1 N–H and O–H groups in total. The van der Waals surface area contributed by atoms with E-state index in [1.54, 1.807) is 17.2 Å². The molecule has 1 aliphatic rings. The highest BCUT2D eigenvalue weighted by atomic mass is 15.3. The summed E-state index contributed by atoms with van der Waals surface area (Å²) in [5, 5.41) is 8.59. The van der Waals surface area contributed by atoms with E-state index >= 15 is 0 Å². The van der Waals surface area contributed by atoms with Gasteiger partial charge in [-0.25, -0.2) is 9.97 Å². The number of nitrogens with zero attached hydrogens (tertiary/aromatic N) is 5. The molecule has 1 aliphatic heterocycles. The molecule has 0 aliphatic carbocycles. The Morgan fingerprint density at radius 2 is 1.83 bits per heavy atom. The van der Waals surface area contributed by atoms with Gasteiger partial charge in [-0.05, 0) is 37.0 Å². The molecule has 3 aromatic rings. The molecule has 1 aromatic carbocycles. The number of hydrogen-bond acceptors (Lipinski definition) is 5. The SMILES string of the molecule is Cn1ncc2c(NCc3ccc(N4CCCCC4)cc3)ncnc21. The van der Waals surface area contributed by atoms with Gasteiger partial charge in [0.2, 0.25) is 0 Å². The fourth-order valence-electron chi connectivity index (χ4n) is 3.27. The zero-order chi connectivity index (χ0) is 16.4. The minimum absolute atomic E-state index is 0.737. The van der Waals surface area contributed by atoms with Crippen LogP contribution in [0.15, 0.2) is 36.8 Å². The minimum atomic E-state index is 0.737. The quantitative estimate of drug-likeness (QED) is 0.800. The largest absolute Gasteiger partial charge is 0.372 e. The molecule has 4 rings (SSSR count). The second-order valence-corrected chi connectivity index (χ2v) is 6.30. The van der Waals surface area contributed by atoms with Gasteiger partial charge in [-0.1, -0.05) is 12.1 Å². The Morgan fingerprint density at radius 1 is 1.04 bits per heavy atom. The van der Waals surface area contributed by atoms with Crippen LogP contribution < -0.4 is 10.2 Å². The molecular formula is C18H22N6. The summed E-state index contributed by atoms with van der Waals surface area (Å²) in [6.45, 7) is 3.09. The number of nitrogens with one attached hydrogen (secondary N) is 1. The molecule has 0 atom stereocenters. The molecule has 0 bridgehead atoms. The van der Waals surface area contributed by atoms with E-state index < -0.39 is 0 Å². The van der Waals surface area contributed by atoms with Crippen molar-refractivity contribution in [2.75, 3.05) is 23.3 Å². The number of fused-ring (bicyclic) bond motifs is 1. The van der Waals surface area contributed by atoms with Crippen molar-refractivity contribution in [3.63, 3.8) is 0 Å². The van der Waals surface area contributed by atoms with Gasteiger partial charge in [-0.3, -0.25) is 4.68 Å². The number of rotatable bonds is 4. The van der Waals surface area contributed by atoms with Gasteiger partial charge in [0.05, 0.1) is 11.6 Å². The van der Waals surface area contributed by atoms with Crippen LogP contribution in [0.5, 0.6) is 0 Å². The normalized spacial score (nSPS) is 15.0. The molecular weight excluding hydrogens is 300 g/mol. The van der Waals surface area contributed by atoms with Crippen molar-refractivity contribution in [1.29, 1.82) is 0 Å². The maximum absolute atomic E-state index is 4.34. The fourth-order valence-corrected chi connectivity index (χ4v) is 3.27. The van der Waals surface area contributed by atoms with E-state index in [9.17, 15) is 0 Å². The second kappa shape index (κ2) is 6.47. The summed E-state index contributed by atoms with van der Waals surface area (Å²) >= 11 is 0. The third-order valence-corrected chi connectivity index (χ3v) is 4.65. The third kappa shape index (κ3) is 2.91. The number of aromatic nitrogens is 4. The van der Waals surface area contributed by atoms with Crippen LogP contribution in [-0.2, 0) is 13.6 Å². The Hall–Kier alpha value is -2.63. The first kappa shape index (κ1) is 14.9. The molecule has 1 saturated heterocycles. The number of aryl methyl sites for hydroxylation is 1. The van der Waals surface area contributed by atoms with Crippen molar-refractivity contribution in [3.05, 3.63) is 42.4 Å². The van der Waals surface area contributed by atoms with Gasteiger partial charge in [0.1, 0.15) is 12.1 Å². The highest BCUT2D eigenvalue weighted by molar-refractivity contribution is 5.85. The van der Waals surface area contributed by atoms with Gasteiger partial charge in [0.25, 0.3) is 0 Å². The van der Waals surface area contributed by atoms with Crippen LogP contribution in [0.1, 0.15) is 24.8 Å². The predicted octanol–water partition coefficient (Wildman–Crippen LogP) is 2.97. The summed E-state index contributed by atoms with van der Waals surface area (Å²) in [6.07, 6.45) is 7.35. The summed E-state index contributed by atoms with van der Waals surface area (Å²) in [7, 11) is 1.89. The van der Waals surface area contributed by atoms with Crippen LogP contribution in [-0.4, -0.2) is 32.8 Å². The molecule has 6 heteroatoms. The highest BCUT2D eigenvalue weighted by Crippen LogP contribution is 2.22. The Labute approximate surface area is 141 Å². The lowest BCUT2D eigenvalue weighted by Gasteiger charge is -2.28. The first-order valence-corrected chi connectivity index (χ1v) is 8.52. The molecule has 124 valence electrons. The van der Waals surface area contributed by atoms with E-state index in [1.807, 2.05) is 7.05 Å². The molecule has 6 nitrogen and oxygen atoms in total. The zero-order valence-electron chi connectivity index (χ0n) is 13.9. The van der Waals surface area contributed by atoms with E-state index in [4.69, 9.17) is 0 Å². The summed E-state index contributed by atoms with van der Waals surface area (Å²) < 4.78 is 1.76. The Bertz CT molecular complexity index is 817. The first-order valence-electron chi connectivity index (χ1n) is 8.52. The van der Waals surface area contributed by atoms with Gasteiger partial charge >= 0.3 is 0 Å². The summed E-state index contributed by atoms with van der Waals surface area (Å²) in [5.74, 6) is 0.827. The van der Waals surface area contributed by atoms with Crippen molar-refractivity contribution in [2.45, 2.75) is 25.8 Å². The van der Waals surface area contributed by atoms with E-state index in [0.29, 0.717) is 0 Å². The number of anilines is 2. The Morgan fingerprint density at radius 3 is 2.62 bits per heavy atom. The van der Waals surface area contributed by atoms with Crippen molar-refractivity contribution in [1.82, 2.24) is 19.7 Å². The standard InChI is InChI=1S/C18H22N6/c1-23-18-16(12-22-23)17(20-13-21-18)19-11-14-5-7-15(8-6-14)24-9-3-2-4-10-24/h5-8,12-13H,2-4,9-11H2,1H3,(H,19,20,21). The molecule has 0 spiro atoms. The maximum atomic E-state index is 4.34. The van der Waals surface area contributed by atoms with Gasteiger partial charge in [-0.15, -0.1) is 0 Å². The zero-order valence-corrected chi connectivity index (χ0v) is 13.9. The maximum Gasteiger partial charge on any atom is 0.163 e. The fraction of sp³-hybridized carbons (Fsp3) is 0.389. The van der Waals surface area contributed by atoms with Crippen LogP contribution in [0.3, 0.4) is 0 Å². The van der Waals surface area contributed by atoms with Crippen molar-refractivity contribution in [3.8, 4) is 0 Å². The van der Waals surface area contributed by atoms with Crippen LogP contribution in [0.4, 0.5) is 11.5 Å². The Balaban J connectivity index is 1.45. The van der Waals surface area contributed by atoms with E-state index in [2.05, 4.69) is 49.5 Å². The van der Waals surface area contributed by atoms with Crippen LogP contribution in [0.25, 0.3) is 11.0 Å². The van der Waals surface area contributed by atoms with Crippen molar-refractivity contribution < 1.29 is 0 Å². The lowest BCUT2D eigenvalue weighted by molar-refractivity contribution is 0.578. The van der Waals surface area contributed by atoms with Crippen LogP contribution in [0, 0.1) is 0 Å². The number of piperidine rings is 1. The molecule has 2 aromatic heterocycles.